The zero-order valence-electron chi connectivity index (χ0n) is 15.3. The number of guanidine groups is 1. The highest BCUT2D eigenvalue weighted by molar-refractivity contribution is 14.0. The van der Waals surface area contributed by atoms with Crippen molar-refractivity contribution in [2.24, 2.45) is 10.9 Å². The molecule has 0 bridgehead atoms. The summed E-state index contributed by atoms with van der Waals surface area (Å²) < 4.78 is 26.9. The Morgan fingerprint density at radius 2 is 1.93 bits per heavy atom. The maximum Gasteiger partial charge on any atom is 0.191 e. The van der Waals surface area contributed by atoms with E-state index in [-0.39, 0.29) is 36.1 Å². The predicted molar refractivity (Wildman–Crippen MR) is 117 cm³/mol. The van der Waals surface area contributed by atoms with Crippen LogP contribution >= 0.6 is 24.0 Å². The number of hydrogen-bond acceptors (Lipinski definition) is 2. The topological polar surface area (TPSA) is 39.7 Å². The fourth-order valence-electron chi connectivity index (χ4n) is 3.19. The van der Waals surface area contributed by atoms with Crippen molar-refractivity contribution in [2.75, 3.05) is 31.6 Å². The van der Waals surface area contributed by atoms with Gasteiger partial charge in [-0.3, -0.25) is 4.99 Å². The Kier molecular flexibility index (Phi) is 8.27. The van der Waals surface area contributed by atoms with Crippen molar-refractivity contribution in [1.82, 2.24) is 10.6 Å². The number of benzene rings is 2. The van der Waals surface area contributed by atoms with Crippen LogP contribution in [0.3, 0.4) is 0 Å². The van der Waals surface area contributed by atoms with Crippen LogP contribution in [0.2, 0.25) is 0 Å². The number of anilines is 1. The Morgan fingerprint density at radius 1 is 1.15 bits per heavy atom. The van der Waals surface area contributed by atoms with E-state index >= 15 is 0 Å². The van der Waals surface area contributed by atoms with Gasteiger partial charge in [0.1, 0.15) is 11.6 Å². The molecule has 1 aliphatic rings. The number of hydrogen-bond donors (Lipinski definition) is 2. The van der Waals surface area contributed by atoms with Gasteiger partial charge in [0.25, 0.3) is 0 Å². The molecule has 2 aromatic rings. The molecule has 2 N–H and O–H groups in total. The second kappa shape index (κ2) is 10.4. The molecule has 1 atom stereocenters. The Hall–Kier alpha value is -1.90. The molecule has 1 unspecified atom stereocenters. The minimum absolute atomic E-state index is 0. The SMILES string of the molecule is CN=C(NCc1cc(F)ccc1F)NCC1CCN(c2ccccc2)C1.I. The quantitative estimate of drug-likeness (QED) is 0.384. The molecule has 1 heterocycles. The van der Waals surface area contributed by atoms with Crippen LogP contribution in [-0.4, -0.2) is 32.6 Å². The zero-order valence-corrected chi connectivity index (χ0v) is 17.6. The minimum Gasteiger partial charge on any atom is -0.371 e. The molecule has 4 nitrogen and oxygen atoms in total. The molecular formula is C20H25F2IN4. The van der Waals surface area contributed by atoms with E-state index in [1.165, 1.54) is 11.8 Å². The van der Waals surface area contributed by atoms with Gasteiger partial charge in [0, 0.05) is 44.5 Å². The second-order valence-electron chi connectivity index (χ2n) is 6.48. The average molecular weight is 486 g/mol. The van der Waals surface area contributed by atoms with E-state index in [1.807, 2.05) is 6.07 Å². The number of nitrogens with one attached hydrogen (secondary N) is 2. The van der Waals surface area contributed by atoms with E-state index in [2.05, 4.69) is 44.8 Å². The van der Waals surface area contributed by atoms with Crippen LogP contribution < -0.4 is 15.5 Å². The Balaban J connectivity index is 0.00000261. The monoisotopic (exact) mass is 486 g/mol. The van der Waals surface area contributed by atoms with Gasteiger partial charge in [-0.05, 0) is 42.7 Å². The van der Waals surface area contributed by atoms with Gasteiger partial charge in [-0.2, -0.15) is 0 Å². The van der Waals surface area contributed by atoms with E-state index in [4.69, 9.17) is 0 Å². The largest absolute Gasteiger partial charge is 0.371 e. The first kappa shape index (κ1) is 21.4. The summed E-state index contributed by atoms with van der Waals surface area (Å²) in [6.07, 6.45) is 1.11. The van der Waals surface area contributed by atoms with Gasteiger partial charge in [0.05, 0.1) is 0 Å². The second-order valence-corrected chi connectivity index (χ2v) is 6.48. The minimum atomic E-state index is -0.446. The highest BCUT2D eigenvalue weighted by Gasteiger charge is 2.22. The van der Waals surface area contributed by atoms with Crippen LogP contribution in [0.25, 0.3) is 0 Å². The summed E-state index contributed by atoms with van der Waals surface area (Å²) in [5.41, 5.74) is 1.53. The van der Waals surface area contributed by atoms with Gasteiger partial charge in [-0.15, -0.1) is 24.0 Å². The Morgan fingerprint density at radius 3 is 2.67 bits per heavy atom. The first-order chi connectivity index (χ1) is 12.7. The highest BCUT2D eigenvalue weighted by Crippen LogP contribution is 2.22. The van der Waals surface area contributed by atoms with Crippen LogP contribution in [0.4, 0.5) is 14.5 Å². The summed E-state index contributed by atoms with van der Waals surface area (Å²) in [4.78, 5) is 6.54. The molecule has 0 amide bonds. The maximum absolute atomic E-state index is 13.7. The molecule has 27 heavy (non-hydrogen) atoms. The maximum atomic E-state index is 13.7. The predicted octanol–water partition coefficient (Wildman–Crippen LogP) is 3.77. The van der Waals surface area contributed by atoms with Crippen LogP contribution in [0.1, 0.15) is 12.0 Å². The molecule has 1 saturated heterocycles. The summed E-state index contributed by atoms with van der Waals surface area (Å²) in [5.74, 6) is 0.230. The van der Waals surface area contributed by atoms with Crippen LogP contribution in [0.5, 0.6) is 0 Å². The van der Waals surface area contributed by atoms with Crippen molar-refractivity contribution in [3.63, 3.8) is 0 Å². The van der Waals surface area contributed by atoms with Crippen LogP contribution in [-0.2, 0) is 6.54 Å². The van der Waals surface area contributed by atoms with Gasteiger partial charge in [-0.1, -0.05) is 18.2 Å². The molecule has 0 radical (unpaired) electrons. The lowest BCUT2D eigenvalue weighted by molar-refractivity contribution is 0.561. The molecule has 1 aliphatic heterocycles. The van der Waals surface area contributed by atoms with Crippen molar-refractivity contribution >= 4 is 35.6 Å². The van der Waals surface area contributed by atoms with Crippen molar-refractivity contribution in [3.05, 3.63) is 65.7 Å². The summed E-state index contributed by atoms with van der Waals surface area (Å²) in [6, 6.07) is 13.8. The number of aliphatic imine (C=N–C) groups is 1. The molecule has 0 aromatic heterocycles. The van der Waals surface area contributed by atoms with E-state index in [0.29, 0.717) is 11.9 Å². The fourth-order valence-corrected chi connectivity index (χ4v) is 3.19. The molecule has 3 rings (SSSR count). The molecule has 2 aromatic carbocycles. The van der Waals surface area contributed by atoms with Gasteiger partial charge in [0.15, 0.2) is 5.96 Å². The molecule has 0 aliphatic carbocycles. The summed E-state index contributed by atoms with van der Waals surface area (Å²) in [5, 5.41) is 6.32. The van der Waals surface area contributed by atoms with Crippen molar-refractivity contribution < 1.29 is 8.78 Å². The zero-order chi connectivity index (χ0) is 18.4. The lowest BCUT2D eigenvalue weighted by atomic mass is 10.1. The molecule has 0 saturated carbocycles. The number of nitrogens with zero attached hydrogens (tertiary/aromatic N) is 2. The number of halogens is 3. The number of para-hydroxylation sites is 1. The molecule has 146 valence electrons. The van der Waals surface area contributed by atoms with Crippen LogP contribution in [0.15, 0.2) is 53.5 Å². The third-order valence-corrected chi connectivity index (χ3v) is 4.64. The Labute approximate surface area is 176 Å². The van der Waals surface area contributed by atoms with E-state index in [9.17, 15) is 8.78 Å². The normalized spacial score (nSPS) is 16.8. The van der Waals surface area contributed by atoms with Gasteiger partial charge in [-0.25, -0.2) is 8.78 Å². The summed E-state index contributed by atoms with van der Waals surface area (Å²) >= 11 is 0. The lowest BCUT2D eigenvalue weighted by Crippen LogP contribution is -2.40. The van der Waals surface area contributed by atoms with Crippen molar-refractivity contribution in [1.29, 1.82) is 0 Å². The van der Waals surface area contributed by atoms with Gasteiger partial charge in [0.2, 0.25) is 0 Å². The fraction of sp³-hybridized carbons (Fsp3) is 0.350. The van der Waals surface area contributed by atoms with Crippen molar-refractivity contribution in [2.45, 2.75) is 13.0 Å². The van der Waals surface area contributed by atoms with Gasteiger partial charge < -0.3 is 15.5 Å². The van der Waals surface area contributed by atoms with Crippen LogP contribution in [0, 0.1) is 17.6 Å². The third kappa shape index (κ3) is 6.05. The van der Waals surface area contributed by atoms with Crippen molar-refractivity contribution in [3.8, 4) is 0 Å². The van der Waals surface area contributed by atoms with E-state index in [1.54, 1.807) is 7.05 Å². The summed E-state index contributed by atoms with van der Waals surface area (Å²) in [6.45, 7) is 3.00. The van der Waals surface area contributed by atoms with E-state index < -0.39 is 11.6 Å². The first-order valence-corrected chi connectivity index (χ1v) is 8.84. The van der Waals surface area contributed by atoms with E-state index in [0.717, 1.165) is 38.2 Å². The lowest BCUT2D eigenvalue weighted by Gasteiger charge is -2.19. The Bertz CT molecular complexity index is 755. The standard InChI is InChI=1S/C20H24F2N4.HI/c1-23-20(25-13-16-11-17(21)7-8-19(16)22)24-12-15-9-10-26(14-15)18-5-3-2-4-6-18;/h2-8,11,15H,9-10,12-14H2,1H3,(H2,23,24,25);1H. The van der Waals surface area contributed by atoms with Gasteiger partial charge >= 0.3 is 0 Å². The summed E-state index contributed by atoms with van der Waals surface area (Å²) in [7, 11) is 1.67. The average Bonchev–Trinajstić information content (AvgIpc) is 3.14. The smallest absolute Gasteiger partial charge is 0.191 e. The molecule has 1 fully saturated rings. The molecular weight excluding hydrogens is 461 g/mol. The number of rotatable bonds is 5. The molecule has 0 spiro atoms. The first-order valence-electron chi connectivity index (χ1n) is 8.84. The third-order valence-electron chi connectivity index (χ3n) is 4.64. The molecule has 7 heteroatoms. The highest BCUT2D eigenvalue weighted by atomic mass is 127.